The zero-order valence-corrected chi connectivity index (χ0v) is 15.7. The molecule has 0 aromatic heterocycles. The summed E-state index contributed by atoms with van der Waals surface area (Å²) in [6.45, 7) is 1.97. The molecule has 0 heterocycles. The van der Waals surface area contributed by atoms with E-state index in [1.54, 1.807) is 31.2 Å². The highest BCUT2D eigenvalue weighted by atomic mass is 16.5. The number of amides is 1. The van der Waals surface area contributed by atoms with Crippen LogP contribution in [0.15, 0.2) is 66.7 Å². The van der Waals surface area contributed by atoms with Crippen LogP contribution in [-0.4, -0.2) is 11.9 Å². The smallest absolute Gasteiger partial charge is 0.340 e. The van der Waals surface area contributed by atoms with Crippen LogP contribution < -0.4 is 5.32 Å². The van der Waals surface area contributed by atoms with Crippen molar-refractivity contribution in [1.29, 1.82) is 0 Å². The van der Waals surface area contributed by atoms with Gasteiger partial charge in [0.2, 0.25) is 5.91 Å². The Morgan fingerprint density at radius 1 is 0.929 bits per heavy atom. The Bertz CT molecular complexity index is 1060. The number of rotatable bonds is 5. The van der Waals surface area contributed by atoms with Crippen LogP contribution in [-0.2, 0) is 22.6 Å². The number of fused-ring (bicyclic) bond motifs is 3. The molecule has 3 aromatic rings. The summed E-state index contributed by atoms with van der Waals surface area (Å²) in [7, 11) is 0. The average molecular weight is 371 g/mol. The van der Waals surface area contributed by atoms with E-state index in [9.17, 15) is 9.59 Å². The monoisotopic (exact) mass is 371 g/mol. The summed E-state index contributed by atoms with van der Waals surface area (Å²) in [5.41, 5.74) is 6.81. The Morgan fingerprint density at radius 2 is 1.68 bits per heavy atom. The number of para-hydroxylation sites is 1. The maximum atomic E-state index is 12.7. The molecule has 140 valence electrons. The van der Waals surface area contributed by atoms with E-state index in [1.165, 1.54) is 22.3 Å². The van der Waals surface area contributed by atoms with Crippen molar-refractivity contribution in [1.82, 2.24) is 0 Å². The molecule has 0 spiro atoms. The van der Waals surface area contributed by atoms with Crippen LogP contribution in [0.5, 0.6) is 0 Å². The number of benzene rings is 3. The fourth-order valence-electron chi connectivity index (χ4n) is 3.59. The minimum Gasteiger partial charge on any atom is -0.457 e. The Morgan fingerprint density at radius 3 is 2.54 bits per heavy atom. The Hall–Kier alpha value is -3.40. The highest BCUT2D eigenvalue weighted by molar-refractivity contribution is 6.01. The van der Waals surface area contributed by atoms with Gasteiger partial charge in [-0.05, 0) is 46.4 Å². The fraction of sp³-hybridized carbons (Fsp3) is 0.167. The lowest BCUT2D eigenvalue weighted by molar-refractivity contribution is -0.115. The molecule has 0 saturated heterocycles. The van der Waals surface area contributed by atoms with E-state index >= 15 is 0 Å². The van der Waals surface area contributed by atoms with E-state index in [1.807, 2.05) is 24.3 Å². The minimum atomic E-state index is -0.444. The first-order chi connectivity index (χ1) is 13.7. The normalized spacial score (nSPS) is 11.5. The number of carbonyl (C=O) groups excluding carboxylic acids is 2. The molecule has 0 saturated carbocycles. The van der Waals surface area contributed by atoms with Gasteiger partial charge in [-0.2, -0.15) is 0 Å². The van der Waals surface area contributed by atoms with Crippen LogP contribution in [0.4, 0.5) is 5.69 Å². The van der Waals surface area contributed by atoms with Crippen molar-refractivity contribution in [3.05, 3.63) is 89.0 Å². The standard InChI is InChI=1S/C24H21NO3/c1-2-23(26)25-22-13-6-5-11-20(22)24(27)28-15-17-9-7-12-19-18-10-4-3-8-16(18)14-21(17)19/h3-13H,2,14-15H2,1H3,(H,25,26). The second kappa shape index (κ2) is 7.69. The van der Waals surface area contributed by atoms with E-state index in [4.69, 9.17) is 4.74 Å². The molecule has 1 N–H and O–H groups in total. The van der Waals surface area contributed by atoms with Crippen molar-refractivity contribution in [2.45, 2.75) is 26.4 Å². The number of hydrogen-bond acceptors (Lipinski definition) is 3. The largest absolute Gasteiger partial charge is 0.457 e. The Balaban J connectivity index is 1.53. The number of nitrogens with one attached hydrogen (secondary N) is 1. The molecule has 1 aliphatic rings. The average Bonchev–Trinajstić information content (AvgIpc) is 3.11. The summed E-state index contributed by atoms with van der Waals surface area (Å²) in [5.74, 6) is -0.584. The summed E-state index contributed by atoms with van der Waals surface area (Å²) in [5, 5.41) is 2.75. The lowest BCUT2D eigenvalue weighted by Crippen LogP contribution is -2.14. The van der Waals surface area contributed by atoms with E-state index in [0.29, 0.717) is 17.7 Å². The molecule has 0 unspecified atom stereocenters. The highest BCUT2D eigenvalue weighted by Gasteiger charge is 2.21. The van der Waals surface area contributed by atoms with Crippen LogP contribution in [0.3, 0.4) is 0 Å². The van der Waals surface area contributed by atoms with Gasteiger partial charge in [-0.25, -0.2) is 4.79 Å². The van der Waals surface area contributed by atoms with Gasteiger partial charge in [0.1, 0.15) is 6.61 Å². The van der Waals surface area contributed by atoms with E-state index in [-0.39, 0.29) is 12.5 Å². The Kier molecular flexibility index (Phi) is 4.94. The van der Waals surface area contributed by atoms with Crippen molar-refractivity contribution < 1.29 is 14.3 Å². The molecule has 4 rings (SSSR count). The van der Waals surface area contributed by atoms with E-state index < -0.39 is 5.97 Å². The topological polar surface area (TPSA) is 55.4 Å². The number of anilines is 1. The predicted molar refractivity (Wildman–Crippen MR) is 109 cm³/mol. The van der Waals surface area contributed by atoms with E-state index in [2.05, 4.69) is 23.5 Å². The van der Waals surface area contributed by atoms with Crippen LogP contribution >= 0.6 is 0 Å². The van der Waals surface area contributed by atoms with Crippen LogP contribution in [0.2, 0.25) is 0 Å². The van der Waals surface area contributed by atoms with E-state index in [0.717, 1.165) is 12.0 Å². The quantitative estimate of drug-likeness (QED) is 0.504. The number of ether oxygens (including phenoxy) is 1. The minimum absolute atomic E-state index is 0.140. The fourth-order valence-corrected chi connectivity index (χ4v) is 3.59. The third kappa shape index (κ3) is 3.41. The third-order valence-electron chi connectivity index (χ3n) is 5.05. The second-order valence-corrected chi connectivity index (χ2v) is 6.80. The van der Waals surface area contributed by atoms with Gasteiger partial charge in [-0.3, -0.25) is 4.79 Å². The zero-order valence-electron chi connectivity index (χ0n) is 15.7. The van der Waals surface area contributed by atoms with Crippen LogP contribution in [0, 0.1) is 0 Å². The summed E-state index contributed by atoms with van der Waals surface area (Å²) in [6.07, 6.45) is 1.20. The third-order valence-corrected chi connectivity index (χ3v) is 5.05. The summed E-state index contributed by atoms with van der Waals surface area (Å²) >= 11 is 0. The van der Waals surface area contributed by atoms with Gasteiger partial charge < -0.3 is 10.1 Å². The molecule has 1 aliphatic carbocycles. The molecule has 3 aromatic carbocycles. The van der Waals surface area contributed by atoms with Crippen molar-refractivity contribution in [3.63, 3.8) is 0 Å². The van der Waals surface area contributed by atoms with Gasteiger partial charge in [-0.1, -0.05) is 61.5 Å². The molecule has 0 aliphatic heterocycles. The van der Waals surface area contributed by atoms with Gasteiger partial charge in [0, 0.05) is 6.42 Å². The van der Waals surface area contributed by atoms with Gasteiger partial charge in [-0.15, -0.1) is 0 Å². The van der Waals surface area contributed by atoms with Crippen LogP contribution in [0.1, 0.15) is 40.4 Å². The number of hydrogen-bond donors (Lipinski definition) is 1. The molecular weight excluding hydrogens is 350 g/mol. The molecule has 4 heteroatoms. The molecule has 1 amide bonds. The second-order valence-electron chi connectivity index (χ2n) is 6.80. The number of esters is 1. The summed E-state index contributed by atoms with van der Waals surface area (Å²) in [4.78, 5) is 24.4. The first-order valence-corrected chi connectivity index (χ1v) is 9.42. The van der Waals surface area contributed by atoms with Gasteiger partial charge >= 0.3 is 5.97 Å². The predicted octanol–water partition coefficient (Wildman–Crippen LogP) is 4.96. The molecule has 0 atom stereocenters. The van der Waals surface area contributed by atoms with Crippen LogP contribution in [0.25, 0.3) is 11.1 Å². The van der Waals surface area contributed by atoms with Gasteiger partial charge in [0.05, 0.1) is 11.3 Å². The van der Waals surface area contributed by atoms with Crippen molar-refractivity contribution >= 4 is 17.6 Å². The van der Waals surface area contributed by atoms with Crippen molar-refractivity contribution in [2.24, 2.45) is 0 Å². The first-order valence-electron chi connectivity index (χ1n) is 9.42. The maximum absolute atomic E-state index is 12.7. The lowest BCUT2D eigenvalue weighted by atomic mass is 10.0. The molecule has 0 radical (unpaired) electrons. The first kappa shape index (κ1) is 18.0. The van der Waals surface area contributed by atoms with Gasteiger partial charge in [0.15, 0.2) is 0 Å². The molecular formula is C24H21NO3. The highest BCUT2D eigenvalue weighted by Crippen LogP contribution is 2.38. The maximum Gasteiger partial charge on any atom is 0.340 e. The van der Waals surface area contributed by atoms with Gasteiger partial charge in [0.25, 0.3) is 0 Å². The molecule has 0 bridgehead atoms. The van der Waals surface area contributed by atoms with Crippen molar-refractivity contribution in [2.75, 3.05) is 5.32 Å². The molecule has 4 nitrogen and oxygen atoms in total. The van der Waals surface area contributed by atoms with Crippen molar-refractivity contribution in [3.8, 4) is 11.1 Å². The molecule has 28 heavy (non-hydrogen) atoms. The Labute approximate surface area is 164 Å². The molecule has 0 fully saturated rings. The number of carbonyl (C=O) groups is 2. The zero-order chi connectivity index (χ0) is 19.5. The summed E-state index contributed by atoms with van der Waals surface area (Å²) in [6, 6.07) is 21.4. The summed E-state index contributed by atoms with van der Waals surface area (Å²) < 4.78 is 5.60. The lowest BCUT2D eigenvalue weighted by Gasteiger charge is -2.12. The SMILES string of the molecule is CCC(=O)Nc1ccccc1C(=O)OCc1cccc2c1Cc1ccccc1-2.